The summed E-state index contributed by atoms with van der Waals surface area (Å²) in [6.07, 6.45) is 3.81. The van der Waals surface area contributed by atoms with Gasteiger partial charge in [-0.25, -0.2) is 9.37 Å². The number of amides is 1. The lowest BCUT2D eigenvalue weighted by atomic mass is 10.3. The molecule has 23 heavy (non-hydrogen) atoms. The molecule has 124 valence electrons. The van der Waals surface area contributed by atoms with Gasteiger partial charge in [-0.1, -0.05) is 0 Å². The van der Waals surface area contributed by atoms with Gasteiger partial charge < -0.3 is 14.6 Å². The largest absolute Gasteiger partial charge is 0.378 e. The molecule has 0 aliphatic rings. The third kappa shape index (κ3) is 5.37. The van der Waals surface area contributed by atoms with Gasteiger partial charge in [0.15, 0.2) is 5.16 Å². The predicted molar refractivity (Wildman–Crippen MR) is 88.1 cm³/mol. The van der Waals surface area contributed by atoms with Gasteiger partial charge >= 0.3 is 0 Å². The van der Waals surface area contributed by atoms with Crippen molar-refractivity contribution in [3.8, 4) is 0 Å². The fourth-order valence-electron chi connectivity index (χ4n) is 1.84. The highest BCUT2D eigenvalue weighted by Gasteiger charge is 2.12. The minimum Gasteiger partial charge on any atom is -0.378 e. The van der Waals surface area contributed by atoms with Crippen LogP contribution in [0.5, 0.6) is 0 Å². The van der Waals surface area contributed by atoms with Crippen molar-refractivity contribution < 1.29 is 13.9 Å². The SMILES string of the molecule is CC(C)OCCC(=O)Nc1cc(F)ccc1Sc1nccn1C. The number of carbonyl (C=O) groups excluding carboxylic acids is 1. The first-order chi connectivity index (χ1) is 11.0. The van der Waals surface area contributed by atoms with E-state index in [4.69, 9.17) is 4.74 Å². The second-order valence-corrected chi connectivity index (χ2v) is 6.29. The van der Waals surface area contributed by atoms with Crippen molar-refractivity contribution in [1.82, 2.24) is 9.55 Å². The Labute approximate surface area is 139 Å². The van der Waals surface area contributed by atoms with Crippen LogP contribution in [-0.2, 0) is 16.6 Å². The smallest absolute Gasteiger partial charge is 0.226 e. The summed E-state index contributed by atoms with van der Waals surface area (Å²) in [7, 11) is 1.88. The van der Waals surface area contributed by atoms with E-state index in [2.05, 4.69) is 10.3 Å². The van der Waals surface area contributed by atoms with Crippen LogP contribution >= 0.6 is 11.8 Å². The molecule has 0 unspecified atom stereocenters. The first kappa shape index (κ1) is 17.5. The zero-order valence-electron chi connectivity index (χ0n) is 13.4. The standard InChI is InChI=1S/C16H20FN3O2S/c1-11(2)22-9-6-15(21)19-13-10-12(17)4-5-14(13)23-16-18-7-8-20(16)3/h4-5,7-8,10-11H,6,9H2,1-3H3,(H,19,21). The number of anilines is 1. The Bertz CT molecular complexity index is 673. The van der Waals surface area contributed by atoms with Crippen LogP contribution in [0.4, 0.5) is 10.1 Å². The molecule has 5 nitrogen and oxygen atoms in total. The summed E-state index contributed by atoms with van der Waals surface area (Å²) in [6.45, 7) is 4.15. The lowest BCUT2D eigenvalue weighted by Crippen LogP contribution is -2.16. The van der Waals surface area contributed by atoms with Crippen LogP contribution < -0.4 is 5.32 Å². The third-order valence-corrected chi connectivity index (χ3v) is 4.13. The monoisotopic (exact) mass is 337 g/mol. The Kier molecular flexibility index (Phi) is 6.18. The normalized spacial score (nSPS) is 11.0. The summed E-state index contributed by atoms with van der Waals surface area (Å²) in [6, 6.07) is 4.31. The van der Waals surface area contributed by atoms with Crippen molar-refractivity contribution in [2.45, 2.75) is 36.4 Å². The predicted octanol–water partition coefficient (Wildman–Crippen LogP) is 3.46. The van der Waals surface area contributed by atoms with Gasteiger partial charge in [-0.2, -0.15) is 0 Å². The molecule has 1 N–H and O–H groups in total. The third-order valence-electron chi connectivity index (χ3n) is 2.97. The van der Waals surface area contributed by atoms with Crippen molar-refractivity contribution in [3.05, 3.63) is 36.4 Å². The summed E-state index contributed by atoms with van der Waals surface area (Å²) in [5, 5.41) is 3.50. The fourth-order valence-corrected chi connectivity index (χ4v) is 2.71. The van der Waals surface area contributed by atoms with E-state index >= 15 is 0 Å². The van der Waals surface area contributed by atoms with E-state index in [0.717, 1.165) is 10.1 Å². The summed E-state index contributed by atoms with van der Waals surface area (Å²) < 4.78 is 20.7. The quantitative estimate of drug-likeness (QED) is 0.840. The lowest BCUT2D eigenvalue weighted by molar-refractivity contribution is -0.117. The van der Waals surface area contributed by atoms with Crippen LogP contribution in [0.3, 0.4) is 0 Å². The molecule has 0 spiro atoms. The molecule has 0 bridgehead atoms. The molecule has 0 aliphatic carbocycles. The second-order valence-electron chi connectivity index (χ2n) is 5.28. The number of benzene rings is 1. The van der Waals surface area contributed by atoms with Gasteiger partial charge in [-0.05, 0) is 43.8 Å². The number of halogens is 1. The minimum atomic E-state index is -0.400. The van der Waals surface area contributed by atoms with Crippen LogP contribution in [-0.4, -0.2) is 28.2 Å². The first-order valence-corrected chi connectivity index (χ1v) is 8.13. The number of imidazole rings is 1. The van der Waals surface area contributed by atoms with Crippen LogP contribution in [0.1, 0.15) is 20.3 Å². The Balaban J connectivity index is 2.06. The van der Waals surface area contributed by atoms with Gasteiger partial charge in [0.05, 0.1) is 24.8 Å². The molecule has 2 rings (SSSR count). The van der Waals surface area contributed by atoms with Gasteiger partial charge in [-0.3, -0.25) is 4.79 Å². The molecular weight excluding hydrogens is 317 g/mol. The maximum Gasteiger partial charge on any atom is 0.226 e. The molecule has 1 aromatic heterocycles. The van der Waals surface area contributed by atoms with Gasteiger partial charge in [0.25, 0.3) is 0 Å². The second kappa shape index (κ2) is 8.12. The molecular formula is C16H20FN3O2S. The Morgan fingerprint density at radius 1 is 1.48 bits per heavy atom. The van der Waals surface area contributed by atoms with Crippen molar-refractivity contribution >= 4 is 23.4 Å². The van der Waals surface area contributed by atoms with Gasteiger partial charge in [0.2, 0.25) is 5.91 Å². The van der Waals surface area contributed by atoms with Gasteiger partial charge in [-0.15, -0.1) is 0 Å². The molecule has 7 heteroatoms. The first-order valence-electron chi connectivity index (χ1n) is 7.32. The highest BCUT2D eigenvalue weighted by atomic mass is 32.2. The van der Waals surface area contributed by atoms with E-state index in [0.29, 0.717) is 12.3 Å². The van der Waals surface area contributed by atoms with Crippen molar-refractivity contribution in [3.63, 3.8) is 0 Å². The summed E-state index contributed by atoms with van der Waals surface area (Å²) in [4.78, 5) is 16.9. The number of carbonyl (C=O) groups is 1. The molecule has 0 saturated heterocycles. The van der Waals surface area contributed by atoms with E-state index in [1.807, 2.05) is 31.7 Å². The molecule has 1 amide bonds. The maximum absolute atomic E-state index is 13.5. The Morgan fingerprint density at radius 2 is 2.26 bits per heavy atom. The van der Waals surface area contributed by atoms with E-state index < -0.39 is 5.82 Å². The summed E-state index contributed by atoms with van der Waals surface area (Å²) >= 11 is 1.37. The zero-order chi connectivity index (χ0) is 16.8. The van der Waals surface area contributed by atoms with E-state index in [1.165, 1.54) is 23.9 Å². The number of hydrogen-bond acceptors (Lipinski definition) is 4. The van der Waals surface area contributed by atoms with E-state index in [9.17, 15) is 9.18 Å². The van der Waals surface area contributed by atoms with E-state index in [1.54, 1.807) is 12.3 Å². The number of nitrogens with zero attached hydrogens (tertiary/aromatic N) is 2. The highest BCUT2D eigenvalue weighted by Crippen LogP contribution is 2.32. The molecule has 0 radical (unpaired) electrons. The Hall–Kier alpha value is -1.86. The Morgan fingerprint density at radius 3 is 2.91 bits per heavy atom. The van der Waals surface area contributed by atoms with Crippen LogP contribution in [0, 0.1) is 5.82 Å². The average molecular weight is 337 g/mol. The van der Waals surface area contributed by atoms with Gasteiger partial charge in [0, 0.05) is 24.3 Å². The molecule has 2 aromatic rings. The molecule has 1 aromatic carbocycles. The summed E-state index contributed by atoms with van der Waals surface area (Å²) in [5.41, 5.74) is 0.438. The number of ether oxygens (including phenoxy) is 1. The van der Waals surface area contributed by atoms with Crippen molar-refractivity contribution in [1.29, 1.82) is 0 Å². The van der Waals surface area contributed by atoms with Crippen LogP contribution in [0.25, 0.3) is 0 Å². The minimum absolute atomic E-state index is 0.0755. The lowest BCUT2D eigenvalue weighted by Gasteiger charge is -2.12. The zero-order valence-corrected chi connectivity index (χ0v) is 14.2. The number of hydrogen-bond donors (Lipinski definition) is 1. The topological polar surface area (TPSA) is 56.1 Å². The highest BCUT2D eigenvalue weighted by molar-refractivity contribution is 7.99. The summed E-state index contributed by atoms with van der Waals surface area (Å²) in [5.74, 6) is -0.610. The number of nitrogens with one attached hydrogen (secondary N) is 1. The molecule has 0 fully saturated rings. The molecule has 0 aliphatic heterocycles. The van der Waals surface area contributed by atoms with Gasteiger partial charge in [0.1, 0.15) is 5.82 Å². The molecule has 1 heterocycles. The fraction of sp³-hybridized carbons (Fsp3) is 0.375. The van der Waals surface area contributed by atoms with Crippen molar-refractivity contribution in [2.75, 3.05) is 11.9 Å². The van der Waals surface area contributed by atoms with Crippen LogP contribution in [0.15, 0.2) is 40.6 Å². The van der Waals surface area contributed by atoms with E-state index in [-0.39, 0.29) is 18.4 Å². The number of aryl methyl sites for hydroxylation is 1. The van der Waals surface area contributed by atoms with Crippen LogP contribution in [0.2, 0.25) is 0 Å². The maximum atomic E-state index is 13.5. The number of rotatable bonds is 7. The van der Waals surface area contributed by atoms with Crippen molar-refractivity contribution in [2.24, 2.45) is 7.05 Å². The average Bonchev–Trinajstić information content (AvgIpc) is 2.87. The molecule has 0 atom stereocenters. The molecule has 0 saturated carbocycles. The number of aromatic nitrogens is 2.